The van der Waals surface area contributed by atoms with Crippen LogP contribution in [0, 0.1) is 0 Å². The van der Waals surface area contributed by atoms with Crippen molar-refractivity contribution in [2.45, 2.75) is 25.5 Å². The fourth-order valence-electron chi connectivity index (χ4n) is 0.656. The van der Waals surface area contributed by atoms with Gasteiger partial charge in [0.05, 0.1) is 0 Å². The summed E-state index contributed by atoms with van der Waals surface area (Å²) in [5, 5.41) is 2.21. The molecule has 0 saturated heterocycles. The quantitative estimate of drug-likeness (QED) is 0.498. The summed E-state index contributed by atoms with van der Waals surface area (Å²) in [4.78, 5) is 0. The van der Waals surface area contributed by atoms with Crippen LogP contribution in [-0.4, -0.2) is 4.75 Å². The summed E-state index contributed by atoms with van der Waals surface area (Å²) in [5.74, 6) is 0. The molecule has 0 N–H and O–H groups in total. The molecule has 0 fully saturated rings. The highest BCUT2D eigenvalue weighted by atomic mass is 32.2. The van der Waals surface area contributed by atoms with Crippen LogP contribution in [0.4, 0.5) is 0 Å². The first kappa shape index (κ1) is 6.94. The van der Waals surface area contributed by atoms with Crippen LogP contribution in [0.3, 0.4) is 0 Å². The number of hydrogen-bond donors (Lipinski definition) is 0. The summed E-state index contributed by atoms with van der Waals surface area (Å²) >= 11 is 1.88. The second kappa shape index (κ2) is 2.22. The number of rotatable bonds is 0. The molecule has 0 saturated carbocycles. The lowest BCUT2D eigenvalue weighted by Crippen LogP contribution is -2.10. The highest BCUT2D eigenvalue weighted by Crippen LogP contribution is 2.31. The molecule has 0 aromatic heterocycles. The van der Waals surface area contributed by atoms with Gasteiger partial charge in [0, 0.05) is 4.75 Å². The van der Waals surface area contributed by atoms with Gasteiger partial charge in [-0.1, -0.05) is 12.2 Å². The molecule has 1 rings (SSSR count). The predicted octanol–water partition coefficient (Wildman–Crippen LogP) is 2.97. The van der Waals surface area contributed by atoms with Crippen molar-refractivity contribution in [3.05, 3.63) is 23.1 Å². The maximum Gasteiger partial charge on any atom is 0.0327 e. The van der Waals surface area contributed by atoms with Gasteiger partial charge in [-0.05, 0) is 31.8 Å². The highest BCUT2D eigenvalue weighted by Gasteiger charge is 2.14. The second-order valence-corrected chi connectivity index (χ2v) is 4.44. The fraction of sp³-hybridized carbons (Fsp3) is 0.500. The molecule has 1 heteroatoms. The van der Waals surface area contributed by atoms with E-state index in [2.05, 4.69) is 38.3 Å². The van der Waals surface area contributed by atoms with Gasteiger partial charge in [0.25, 0.3) is 0 Å². The van der Waals surface area contributed by atoms with Crippen LogP contribution in [0.1, 0.15) is 20.8 Å². The van der Waals surface area contributed by atoms with Crippen LogP contribution in [-0.2, 0) is 0 Å². The van der Waals surface area contributed by atoms with E-state index in [0.29, 0.717) is 4.75 Å². The predicted molar refractivity (Wildman–Crippen MR) is 44.6 cm³/mol. The Balaban J connectivity index is 2.70. The van der Waals surface area contributed by atoms with Crippen LogP contribution < -0.4 is 0 Å². The van der Waals surface area contributed by atoms with Crippen molar-refractivity contribution in [1.29, 1.82) is 0 Å². The first-order valence-corrected chi connectivity index (χ1v) is 4.02. The van der Waals surface area contributed by atoms with Gasteiger partial charge in [0.2, 0.25) is 0 Å². The summed E-state index contributed by atoms with van der Waals surface area (Å²) < 4.78 is 0.319. The molecule has 0 bridgehead atoms. The third-order valence-electron chi connectivity index (χ3n) is 1.30. The Morgan fingerprint density at radius 2 is 2.11 bits per heavy atom. The van der Waals surface area contributed by atoms with E-state index in [4.69, 9.17) is 0 Å². The van der Waals surface area contributed by atoms with Gasteiger partial charge >= 0.3 is 0 Å². The molecule has 0 nitrogen and oxygen atoms in total. The summed E-state index contributed by atoms with van der Waals surface area (Å²) in [7, 11) is 0. The molecule has 0 amide bonds. The van der Waals surface area contributed by atoms with Gasteiger partial charge in [0.1, 0.15) is 0 Å². The lowest BCUT2D eigenvalue weighted by molar-refractivity contribution is 0.898. The van der Waals surface area contributed by atoms with E-state index in [9.17, 15) is 0 Å². The van der Waals surface area contributed by atoms with E-state index in [-0.39, 0.29) is 0 Å². The smallest absolute Gasteiger partial charge is 0.0327 e. The highest BCUT2D eigenvalue weighted by molar-refractivity contribution is 8.03. The number of thioether (sulfide) groups is 1. The molecule has 0 aliphatic carbocycles. The van der Waals surface area contributed by atoms with E-state index >= 15 is 0 Å². The first-order valence-electron chi connectivity index (χ1n) is 3.14. The summed E-state index contributed by atoms with van der Waals surface area (Å²) in [6.07, 6.45) is 4.42. The van der Waals surface area contributed by atoms with Crippen LogP contribution in [0.15, 0.2) is 23.1 Å². The van der Waals surface area contributed by atoms with Gasteiger partial charge < -0.3 is 0 Å². The Bertz CT molecular complexity index is 163. The number of allylic oxidation sites excluding steroid dienone is 2. The Morgan fingerprint density at radius 1 is 1.44 bits per heavy atom. The van der Waals surface area contributed by atoms with Crippen LogP contribution in [0.25, 0.3) is 0 Å². The van der Waals surface area contributed by atoms with Crippen molar-refractivity contribution in [2.24, 2.45) is 0 Å². The zero-order valence-electron chi connectivity index (χ0n) is 6.14. The van der Waals surface area contributed by atoms with Gasteiger partial charge in [-0.3, -0.25) is 0 Å². The normalized spacial score (nSPS) is 23.7. The van der Waals surface area contributed by atoms with E-state index < -0.39 is 0 Å². The topological polar surface area (TPSA) is 0 Å². The number of hydrogen-bond acceptors (Lipinski definition) is 1. The van der Waals surface area contributed by atoms with Gasteiger partial charge in [-0.2, -0.15) is 0 Å². The van der Waals surface area contributed by atoms with E-state index in [0.717, 1.165) is 0 Å². The Morgan fingerprint density at radius 3 is 2.44 bits per heavy atom. The largest absolute Gasteiger partial charge is 0.123 e. The molecular weight excluding hydrogens is 128 g/mol. The molecule has 1 heterocycles. The standard InChI is InChI=1S/C8H12S/c1-7-4-5-8(2,3)9-6-7/h4-6H,1-3H3. The monoisotopic (exact) mass is 140 g/mol. The van der Waals surface area contributed by atoms with E-state index in [1.165, 1.54) is 5.57 Å². The molecular formula is C8H12S. The van der Waals surface area contributed by atoms with Crippen molar-refractivity contribution in [3.8, 4) is 0 Å². The van der Waals surface area contributed by atoms with Crippen molar-refractivity contribution < 1.29 is 0 Å². The minimum Gasteiger partial charge on any atom is -0.123 e. The molecule has 0 atom stereocenters. The SMILES string of the molecule is CC1=CSC(C)(C)C=C1. The van der Waals surface area contributed by atoms with Crippen LogP contribution in [0.2, 0.25) is 0 Å². The fourth-order valence-corrected chi connectivity index (χ4v) is 1.37. The molecule has 9 heavy (non-hydrogen) atoms. The Labute approximate surface area is 61.0 Å². The van der Waals surface area contributed by atoms with Crippen molar-refractivity contribution in [2.75, 3.05) is 0 Å². The third-order valence-corrected chi connectivity index (χ3v) is 2.53. The molecule has 1 aliphatic rings. The average Bonchev–Trinajstić information content (AvgIpc) is 1.78. The lowest BCUT2D eigenvalue weighted by atomic mass is 10.1. The van der Waals surface area contributed by atoms with Gasteiger partial charge in [-0.25, -0.2) is 0 Å². The van der Waals surface area contributed by atoms with Crippen LogP contribution in [0.5, 0.6) is 0 Å². The minimum atomic E-state index is 0.319. The zero-order valence-corrected chi connectivity index (χ0v) is 6.96. The van der Waals surface area contributed by atoms with Crippen molar-refractivity contribution >= 4 is 11.8 Å². The molecule has 0 radical (unpaired) electrons. The molecule has 1 aliphatic heterocycles. The summed E-state index contributed by atoms with van der Waals surface area (Å²) in [6.45, 7) is 6.56. The van der Waals surface area contributed by atoms with Gasteiger partial charge in [-0.15, -0.1) is 11.8 Å². The van der Waals surface area contributed by atoms with Crippen molar-refractivity contribution in [3.63, 3.8) is 0 Å². The van der Waals surface area contributed by atoms with Crippen LogP contribution >= 0.6 is 11.8 Å². The second-order valence-electron chi connectivity index (χ2n) is 2.92. The Kier molecular flexibility index (Phi) is 1.71. The van der Waals surface area contributed by atoms with Crippen molar-refractivity contribution in [1.82, 2.24) is 0 Å². The third kappa shape index (κ3) is 1.90. The zero-order chi connectivity index (χ0) is 6.91. The molecule has 0 unspecified atom stereocenters. The van der Waals surface area contributed by atoms with E-state index in [1.807, 2.05) is 11.8 Å². The van der Waals surface area contributed by atoms with E-state index in [1.54, 1.807) is 0 Å². The van der Waals surface area contributed by atoms with Gasteiger partial charge in [0.15, 0.2) is 0 Å². The summed E-state index contributed by atoms with van der Waals surface area (Å²) in [5.41, 5.74) is 1.36. The summed E-state index contributed by atoms with van der Waals surface area (Å²) in [6, 6.07) is 0. The maximum atomic E-state index is 2.24. The molecule has 0 aromatic rings. The first-order chi connectivity index (χ1) is 4.10. The Hall–Kier alpha value is -0.170. The molecule has 0 aromatic carbocycles. The lowest BCUT2D eigenvalue weighted by Gasteiger charge is -2.20. The minimum absolute atomic E-state index is 0.319. The average molecular weight is 140 g/mol. The molecule has 0 spiro atoms. The molecule has 50 valence electrons. The maximum absolute atomic E-state index is 2.24.